The van der Waals surface area contributed by atoms with E-state index in [-0.39, 0.29) is 0 Å². The number of nitrogens with zero attached hydrogens (tertiary/aromatic N) is 1. The van der Waals surface area contributed by atoms with Crippen molar-refractivity contribution < 1.29 is 0 Å². The van der Waals surface area contributed by atoms with Crippen molar-refractivity contribution in [1.29, 1.82) is 0 Å². The minimum atomic E-state index is 0.696. The molecule has 104 valence electrons. The minimum absolute atomic E-state index is 0.696. The van der Waals surface area contributed by atoms with Crippen molar-refractivity contribution in [2.75, 3.05) is 0 Å². The molecule has 0 aliphatic heterocycles. The summed E-state index contributed by atoms with van der Waals surface area (Å²) in [6.45, 7) is 7.19. The highest BCUT2D eigenvalue weighted by Gasteiger charge is 2.59. The molecular formula is C18H27N. The van der Waals surface area contributed by atoms with Crippen LogP contribution in [0.25, 0.3) is 0 Å². The van der Waals surface area contributed by atoms with E-state index in [9.17, 15) is 0 Å². The average Bonchev–Trinajstić information content (AvgIpc) is 2.94. The van der Waals surface area contributed by atoms with Crippen molar-refractivity contribution in [2.24, 2.45) is 23.2 Å². The zero-order valence-corrected chi connectivity index (χ0v) is 12.7. The normalized spacial score (nSPS) is 34.1. The van der Waals surface area contributed by atoms with E-state index in [1.54, 1.807) is 0 Å². The lowest BCUT2D eigenvalue weighted by Gasteiger charge is -2.26. The third kappa shape index (κ3) is 2.44. The Bertz CT molecular complexity index is 434. The third-order valence-corrected chi connectivity index (χ3v) is 5.77. The van der Waals surface area contributed by atoms with Crippen LogP contribution in [0.5, 0.6) is 0 Å². The fraction of sp³-hybridized carbons (Fsp3) is 0.722. The molecular weight excluding hydrogens is 230 g/mol. The van der Waals surface area contributed by atoms with Crippen molar-refractivity contribution in [1.82, 2.24) is 4.98 Å². The molecule has 4 unspecified atom stereocenters. The van der Waals surface area contributed by atoms with Gasteiger partial charge in [0.2, 0.25) is 0 Å². The van der Waals surface area contributed by atoms with E-state index in [2.05, 4.69) is 44.1 Å². The van der Waals surface area contributed by atoms with Crippen LogP contribution in [-0.4, -0.2) is 4.98 Å². The second kappa shape index (κ2) is 4.92. The predicted molar refractivity (Wildman–Crippen MR) is 80.0 cm³/mol. The van der Waals surface area contributed by atoms with Crippen molar-refractivity contribution in [3.63, 3.8) is 0 Å². The average molecular weight is 257 g/mol. The summed E-state index contributed by atoms with van der Waals surface area (Å²) >= 11 is 0. The Morgan fingerprint density at radius 1 is 1.37 bits per heavy atom. The summed E-state index contributed by atoms with van der Waals surface area (Å²) in [5.41, 5.74) is 3.37. The molecule has 2 fully saturated rings. The first-order valence-corrected chi connectivity index (χ1v) is 8.07. The summed E-state index contributed by atoms with van der Waals surface area (Å²) in [5.74, 6) is 2.79. The Balaban J connectivity index is 1.61. The van der Waals surface area contributed by atoms with Gasteiger partial charge in [0, 0.05) is 11.9 Å². The van der Waals surface area contributed by atoms with E-state index < -0.39 is 0 Å². The van der Waals surface area contributed by atoms with Gasteiger partial charge >= 0.3 is 0 Å². The number of fused-ring (bicyclic) bond motifs is 1. The van der Waals surface area contributed by atoms with E-state index in [0.717, 1.165) is 24.2 Å². The van der Waals surface area contributed by atoms with Gasteiger partial charge < -0.3 is 0 Å². The number of hydrogen-bond donors (Lipinski definition) is 0. The molecule has 0 saturated heterocycles. The first kappa shape index (κ1) is 13.1. The molecule has 1 aromatic rings. The summed E-state index contributed by atoms with van der Waals surface area (Å²) in [6.07, 6.45) is 10.0. The molecule has 0 aromatic carbocycles. The van der Waals surface area contributed by atoms with Gasteiger partial charge in [-0.25, -0.2) is 0 Å². The van der Waals surface area contributed by atoms with Gasteiger partial charge in [-0.3, -0.25) is 4.98 Å². The highest BCUT2D eigenvalue weighted by molar-refractivity contribution is 5.16. The van der Waals surface area contributed by atoms with Crippen LogP contribution in [0.2, 0.25) is 0 Å². The molecule has 0 amide bonds. The first-order chi connectivity index (χ1) is 9.13. The van der Waals surface area contributed by atoms with E-state index >= 15 is 0 Å². The summed E-state index contributed by atoms with van der Waals surface area (Å²) in [4.78, 5) is 4.67. The molecule has 0 bridgehead atoms. The van der Waals surface area contributed by atoms with Gasteiger partial charge in [0.15, 0.2) is 0 Å². The summed E-state index contributed by atoms with van der Waals surface area (Å²) < 4.78 is 0. The molecule has 2 aliphatic rings. The van der Waals surface area contributed by atoms with Gasteiger partial charge in [-0.1, -0.05) is 33.3 Å². The smallest absolute Gasteiger partial charge is 0.0406 e. The third-order valence-electron chi connectivity index (χ3n) is 5.77. The van der Waals surface area contributed by atoms with Gasteiger partial charge in [0.05, 0.1) is 0 Å². The fourth-order valence-electron chi connectivity index (χ4n) is 4.49. The molecule has 2 saturated carbocycles. The van der Waals surface area contributed by atoms with Crippen LogP contribution in [0.15, 0.2) is 18.3 Å². The van der Waals surface area contributed by atoms with E-state index in [0.29, 0.717) is 5.41 Å². The highest BCUT2D eigenvalue weighted by atomic mass is 14.7. The highest BCUT2D eigenvalue weighted by Crippen LogP contribution is 2.68. The Morgan fingerprint density at radius 3 is 2.74 bits per heavy atom. The first-order valence-electron chi connectivity index (χ1n) is 8.07. The molecule has 1 heterocycles. The molecule has 1 aromatic heterocycles. The van der Waals surface area contributed by atoms with Crippen LogP contribution >= 0.6 is 0 Å². The Morgan fingerprint density at radius 2 is 2.21 bits per heavy atom. The Hall–Kier alpha value is -0.850. The molecule has 19 heavy (non-hydrogen) atoms. The molecule has 0 spiro atoms. The maximum Gasteiger partial charge on any atom is 0.0406 e. The summed E-state index contributed by atoms with van der Waals surface area (Å²) in [7, 11) is 0. The van der Waals surface area contributed by atoms with Crippen LogP contribution < -0.4 is 0 Å². The molecule has 4 atom stereocenters. The van der Waals surface area contributed by atoms with Gasteiger partial charge in [-0.2, -0.15) is 0 Å². The van der Waals surface area contributed by atoms with Crippen LogP contribution in [0.4, 0.5) is 0 Å². The standard InChI is InChI=1S/C18H27N/c1-4-5-14-6-8-16(19-12-14)10-13(2)17-9-7-15-11-18(15,17)3/h6,8,12-13,15,17H,4-5,7,9-11H2,1-3H3. The molecule has 0 N–H and O–H groups in total. The lowest BCUT2D eigenvalue weighted by molar-refractivity contribution is 0.248. The van der Waals surface area contributed by atoms with Gasteiger partial charge in [0.1, 0.15) is 0 Å². The topological polar surface area (TPSA) is 12.9 Å². The largest absolute Gasteiger partial charge is 0.261 e. The molecule has 2 aliphatic carbocycles. The summed E-state index contributed by atoms with van der Waals surface area (Å²) in [6, 6.07) is 4.53. The molecule has 1 nitrogen and oxygen atoms in total. The van der Waals surface area contributed by atoms with E-state index in [1.165, 1.54) is 43.4 Å². The number of aromatic nitrogens is 1. The second-order valence-corrected chi connectivity index (χ2v) is 7.18. The van der Waals surface area contributed by atoms with Crippen LogP contribution in [0.1, 0.15) is 57.7 Å². The number of pyridine rings is 1. The number of hydrogen-bond acceptors (Lipinski definition) is 1. The maximum atomic E-state index is 4.67. The van der Waals surface area contributed by atoms with Crippen molar-refractivity contribution in [3.05, 3.63) is 29.6 Å². The summed E-state index contributed by atoms with van der Waals surface area (Å²) in [5, 5.41) is 0. The Labute approximate surface area is 117 Å². The Kier molecular flexibility index (Phi) is 3.41. The SMILES string of the molecule is CCCc1ccc(CC(C)C2CCC3CC32C)nc1. The fourth-order valence-corrected chi connectivity index (χ4v) is 4.49. The lowest BCUT2D eigenvalue weighted by Crippen LogP contribution is -2.20. The minimum Gasteiger partial charge on any atom is -0.261 e. The number of rotatable bonds is 5. The van der Waals surface area contributed by atoms with Gasteiger partial charge in [0.25, 0.3) is 0 Å². The van der Waals surface area contributed by atoms with Crippen LogP contribution in [0, 0.1) is 23.2 Å². The monoisotopic (exact) mass is 257 g/mol. The second-order valence-electron chi connectivity index (χ2n) is 7.18. The van der Waals surface area contributed by atoms with Crippen LogP contribution in [0.3, 0.4) is 0 Å². The number of aryl methyl sites for hydroxylation is 1. The van der Waals surface area contributed by atoms with Gasteiger partial charge in [-0.15, -0.1) is 0 Å². The van der Waals surface area contributed by atoms with Crippen molar-refractivity contribution in [3.8, 4) is 0 Å². The van der Waals surface area contributed by atoms with Gasteiger partial charge in [-0.05, 0) is 66.9 Å². The zero-order chi connectivity index (χ0) is 13.5. The van der Waals surface area contributed by atoms with E-state index in [4.69, 9.17) is 0 Å². The zero-order valence-electron chi connectivity index (χ0n) is 12.7. The van der Waals surface area contributed by atoms with E-state index in [1.807, 2.05) is 0 Å². The lowest BCUT2D eigenvalue weighted by atomic mass is 9.79. The predicted octanol–water partition coefficient (Wildman–Crippen LogP) is 4.65. The van der Waals surface area contributed by atoms with Crippen molar-refractivity contribution >= 4 is 0 Å². The quantitative estimate of drug-likeness (QED) is 0.748. The maximum absolute atomic E-state index is 4.67. The molecule has 3 rings (SSSR count). The van der Waals surface area contributed by atoms with Crippen molar-refractivity contribution in [2.45, 2.75) is 59.3 Å². The molecule has 0 radical (unpaired) electrons. The molecule has 1 heteroatoms. The van der Waals surface area contributed by atoms with Crippen LogP contribution in [-0.2, 0) is 12.8 Å².